The van der Waals surface area contributed by atoms with E-state index >= 15 is 0 Å². The lowest BCUT2D eigenvalue weighted by Gasteiger charge is -2.31. The van der Waals surface area contributed by atoms with Crippen molar-refractivity contribution in [2.24, 2.45) is 0 Å². The first-order valence-electron chi connectivity index (χ1n) is 9.58. The molecule has 1 fully saturated rings. The highest BCUT2D eigenvalue weighted by Gasteiger charge is 2.32. The molecule has 8 heteroatoms. The second kappa shape index (κ2) is 8.12. The van der Waals surface area contributed by atoms with Gasteiger partial charge in [-0.3, -0.25) is 4.79 Å². The molecule has 1 aliphatic rings. The average Bonchev–Trinajstić information content (AvgIpc) is 3.18. The Bertz CT molecular complexity index is 1010. The van der Waals surface area contributed by atoms with Crippen LogP contribution in [-0.4, -0.2) is 30.0 Å². The van der Waals surface area contributed by atoms with Crippen LogP contribution in [0, 0.1) is 17.5 Å². The fraction of sp³-hybridized carbons (Fsp3) is 0.333. The molecule has 1 aliphatic heterocycles. The van der Waals surface area contributed by atoms with Crippen LogP contribution in [0.3, 0.4) is 0 Å². The van der Waals surface area contributed by atoms with Gasteiger partial charge in [0, 0.05) is 18.8 Å². The van der Waals surface area contributed by atoms with Crippen molar-refractivity contribution >= 4 is 33.1 Å². The molecule has 1 saturated heterocycles. The first-order chi connectivity index (χ1) is 13.9. The predicted octanol–water partition coefficient (Wildman–Crippen LogP) is 3.50. The predicted molar refractivity (Wildman–Crippen MR) is 107 cm³/mol. The Hall–Kier alpha value is -2.45. The molecule has 0 spiro atoms. The van der Waals surface area contributed by atoms with E-state index in [2.05, 4.69) is 11.4 Å². The van der Waals surface area contributed by atoms with Gasteiger partial charge in [-0.25, -0.2) is 18.2 Å². The summed E-state index contributed by atoms with van der Waals surface area (Å²) in [5.74, 6) is -4.29. The Labute approximate surface area is 170 Å². The standard InChI is InChI=1S/C21H20F3N3OS/c1-12(20(28)25-16-7-6-14(22)18(23)19(16)24)27-10-8-13(9-11-27)21-26-15-4-2-3-5-17(15)29-21/h2-7,12-13H,8-11H2,1H3,(H,25,28)/p+1/t12-/m1/s1. The summed E-state index contributed by atoms with van der Waals surface area (Å²) in [6.07, 6.45) is 1.82. The summed E-state index contributed by atoms with van der Waals surface area (Å²) in [6.45, 7) is 3.34. The minimum atomic E-state index is -1.58. The molecule has 29 heavy (non-hydrogen) atoms. The molecule has 1 aromatic heterocycles. The van der Waals surface area contributed by atoms with Crippen LogP contribution in [0.25, 0.3) is 10.2 Å². The number of fused-ring (bicyclic) bond motifs is 1. The lowest BCUT2D eigenvalue weighted by molar-refractivity contribution is -0.919. The van der Waals surface area contributed by atoms with Crippen molar-refractivity contribution in [3.05, 3.63) is 58.9 Å². The Morgan fingerprint density at radius 2 is 1.86 bits per heavy atom. The molecule has 0 saturated carbocycles. The van der Waals surface area contributed by atoms with Crippen LogP contribution < -0.4 is 10.2 Å². The van der Waals surface area contributed by atoms with Gasteiger partial charge in [-0.15, -0.1) is 11.3 Å². The number of anilines is 1. The number of halogens is 3. The third-order valence-corrected chi connectivity index (χ3v) is 6.79. The van der Waals surface area contributed by atoms with Gasteiger partial charge in [-0.1, -0.05) is 12.1 Å². The average molecular weight is 420 g/mol. The van der Waals surface area contributed by atoms with Crippen LogP contribution in [0.5, 0.6) is 0 Å². The topological polar surface area (TPSA) is 46.4 Å². The van der Waals surface area contributed by atoms with E-state index in [0.717, 1.165) is 53.5 Å². The van der Waals surface area contributed by atoms with Crippen molar-refractivity contribution < 1.29 is 22.9 Å². The van der Waals surface area contributed by atoms with Gasteiger partial charge in [-0.05, 0) is 31.2 Å². The molecule has 2 aromatic carbocycles. The number of nitrogens with zero attached hydrogens (tertiary/aromatic N) is 1. The number of rotatable bonds is 4. The van der Waals surface area contributed by atoms with Crippen molar-refractivity contribution in [2.45, 2.75) is 31.7 Å². The molecule has 4 nitrogen and oxygen atoms in total. The van der Waals surface area contributed by atoms with Gasteiger partial charge < -0.3 is 10.2 Å². The Morgan fingerprint density at radius 3 is 2.59 bits per heavy atom. The van der Waals surface area contributed by atoms with Gasteiger partial charge >= 0.3 is 0 Å². The molecule has 0 bridgehead atoms. The first kappa shape index (κ1) is 19.8. The minimum Gasteiger partial charge on any atom is -0.325 e. The molecule has 1 atom stereocenters. The molecule has 2 N–H and O–H groups in total. The van der Waals surface area contributed by atoms with Crippen LogP contribution in [0.2, 0.25) is 0 Å². The van der Waals surface area contributed by atoms with Crippen LogP contribution in [0.1, 0.15) is 30.7 Å². The second-order valence-electron chi connectivity index (χ2n) is 7.39. The summed E-state index contributed by atoms with van der Waals surface area (Å²) >= 11 is 1.72. The van der Waals surface area contributed by atoms with Crippen LogP contribution in [0.4, 0.5) is 18.9 Å². The third-order valence-electron chi connectivity index (χ3n) is 5.59. The maximum Gasteiger partial charge on any atom is 0.282 e. The zero-order valence-electron chi connectivity index (χ0n) is 15.8. The number of carbonyl (C=O) groups excluding carboxylic acids is 1. The summed E-state index contributed by atoms with van der Waals surface area (Å²) in [7, 11) is 0. The van der Waals surface area contributed by atoms with Gasteiger partial charge in [0.1, 0.15) is 0 Å². The smallest absolute Gasteiger partial charge is 0.282 e. The Kier molecular flexibility index (Phi) is 5.56. The van der Waals surface area contributed by atoms with Crippen molar-refractivity contribution in [2.75, 3.05) is 18.4 Å². The summed E-state index contributed by atoms with van der Waals surface area (Å²) < 4.78 is 41.4. The maximum absolute atomic E-state index is 13.8. The highest BCUT2D eigenvalue weighted by molar-refractivity contribution is 7.18. The van der Waals surface area contributed by atoms with Crippen molar-refractivity contribution in [1.82, 2.24) is 4.98 Å². The number of hydrogen-bond donors (Lipinski definition) is 2. The number of likely N-dealkylation sites (tertiary alicyclic amines) is 1. The lowest BCUT2D eigenvalue weighted by Crippen LogP contribution is -3.17. The third kappa shape index (κ3) is 4.00. The summed E-state index contributed by atoms with van der Waals surface area (Å²) in [5.41, 5.74) is 0.674. The summed E-state index contributed by atoms with van der Waals surface area (Å²) in [5, 5.41) is 3.51. The monoisotopic (exact) mass is 420 g/mol. The number of thiazole rings is 1. The molecule has 0 unspecified atom stereocenters. The van der Waals surface area contributed by atoms with Gasteiger partial charge in [0.25, 0.3) is 5.91 Å². The second-order valence-corrected chi connectivity index (χ2v) is 8.45. The summed E-state index contributed by atoms with van der Waals surface area (Å²) in [4.78, 5) is 18.3. The lowest BCUT2D eigenvalue weighted by atomic mass is 9.96. The molecule has 2 heterocycles. The zero-order valence-corrected chi connectivity index (χ0v) is 16.7. The van der Waals surface area contributed by atoms with E-state index in [-0.39, 0.29) is 5.69 Å². The fourth-order valence-corrected chi connectivity index (χ4v) is 4.92. The number of quaternary nitrogens is 1. The van der Waals surface area contributed by atoms with E-state index in [9.17, 15) is 18.0 Å². The number of aromatic nitrogens is 1. The normalized spacial score (nSPS) is 20.6. The SMILES string of the molecule is C[C@H](C(=O)Nc1ccc(F)c(F)c1F)[NH+]1CCC(c2nc3ccccc3s2)CC1. The number of piperidine rings is 1. The van der Waals surface area contributed by atoms with Crippen LogP contribution >= 0.6 is 11.3 Å². The molecular formula is C21H21F3N3OS+. The van der Waals surface area contributed by atoms with E-state index in [1.807, 2.05) is 18.2 Å². The van der Waals surface area contributed by atoms with Gasteiger partial charge in [0.05, 0.1) is 34.0 Å². The van der Waals surface area contributed by atoms with Crippen molar-refractivity contribution in [3.63, 3.8) is 0 Å². The van der Waals surface area contributed by atoms with E-state index in [1.54, 1.807) is 18.3 Å². The summed E-state index contributed by atoms with van der Waals surface area (Å²) in [6, 6.07) is 9.48. The molecular weight excluding hydrogens is 399 g/mol. The van der Waals surface area contributed by atoms with Gasteiger partial charge in [0.15, 0.2) is 23.5 Å². The molecule has 3 aromatic rings. The quantitative estimate of drug-likeness (QED) is 0.635. The first-order valence-corrected chi connectivity index (χ1v) is 10.4. The van der Waals surface area contributed by atoms with E-state index in [4.69, 9.17) is 4.98 Å². The van der Waals surface area contributed by atoms with Gasteiger partial charge in [-0.2, -0.15) is 0 Å². The fourth-order valence-electron chi connectivity index (χ4n) is 3.78. The van der Waals surface area contributed by atoms with E-state index in [0.29, 0.717) is 5.92 Å². The van der Waals surface area contributed by atoms with Gasteiger partial charge in [0.2, 0.25) is 0 Å². The van der Waals surface area contributed by atoms with Crippen LogP contribution in [0.15, 0.2) is 36.4 Å². The number of nitrogens with one attached hydrogen (secondary N) is 2. The minimum absolute atomic E-state index is 0.343. The highest BCUT2D eigenvalue weighted by Crippen LogP contribution is 2.31. The number of carbonyl (C=O) groups is 1. The van der Waals surface area contributed by atoms with Crippen LogP contribution in [-0.2, 0) is 4.79 Å². The molecule has 152 valence electrons. The van der Waals surface area contributed by atoms with Crippen molar-refractivity contribution in [3.8, 4) is 0 Å². The maximum atomic E-state index is 13.8. The van der Waals surface area contributed by atoms with Crippen molar-refractivity contribution in [1.29, 1.82) is 0 Å². The highest BCUT2D eigenvalue weighted by atomic mass is 32.1. The molecule has 0 radical (unpaired) electrons. The number of para-hydroxylation sites is 1. The molecule has 0 aliphatic carbocycles. The number of amides is 1. The molecule has 4 rings (SSSR count). The number of hydrogen-bond acceptors (Lipinski definition) is 3. The Morgan fingerprint density at radius 1 is 1.14 bits per heavy atom. The molecule has 1 amide bonds. The van der Waals surface area contributed by atoms with E-state index < -0.39 is 29.4 Å². The number of benzene rings is 2. The Balaban J connectivity index is 1.37. The van der Waals surface area contributed by atoms with E-state index in [1.165, 1.54) is 4.70 Å². The largest absolute Gasteiger partial charge is 0.325 e. The zero-order chi connectivity index (χ0) is 20.5.